The number of likely N-dealkylation sites (N-methyl/N-ethyl adjacent to an activating group) is 1. The van der Waals surface area contributed by atoms with E-state index >= 15 is 0 Å². The van der Waals surface area contributed by atoms with E-state index in [4.69, 9.17) is 5.11 Å². The molecule has 0 aliphatic rings. The van der Waals surface area contributed by atoms with E-state index < -0.39 is 0 Å². The summed E-state index contributed by atoms with van der Waals surface area (Å²) in [5.41, 5.74) is 2.89. The summed E-state index contributed by atoms with van der Waals surface area (Å²) in [7, 11) is 0. The van der Waals surface area contributed by atoms with Gasteiger partial charge < -0.3 is 20.6 Å². The van der Waals surface area contributed by atoms with Crippen molar-refractivity contribution in [1.82, 2.24) is 5.32 Å². The minimum Gasteiger partial charge on any atom is -0.395 e. The van der Waals surface area contributed by atoms with Crippen molar-refractivity contribution in [3.05, 3.63) is 23.8 Å². The molecule has 0 fully saturated rings. The number of nitrogens with zero attached hydrogens (tertiary/aromatic N) is 1. The van der Waals surface area contributed by atoms with Crippen molar-refractivity contribution in [2.75, 3.05) is 36.5 Å². The summed E-state index contributed by atoms with van der Waals surface area (Å²) < 4.78 is 0. The number of carbonyl (C=O) groups is 1. The van der Waals surface area contributed by atoms with Gasteiger partial charge in [0.2, 0.25) is 0 Å². The van der Waals surface area contributed by atoms with Gasteiger partial charge in [0, 0.05) is 31.0 Å². The van der Waals surface area contributed by atoms with Gasteiger partial charge in [0.05, 0.1) is 6.61 Å². The highest BCUT2D eigenvalue weighted by Crippen LogP contribution is 2.22. The lowest BCUT2D eigenvalue weighted by atomic mass is 10.1. The highest BCUT2D eigenvalue weighted by Gasteiger charge is 2.08. The Bertz CT molecular complexity index is 477. The fourth-order valence-electron chi connectivity index (χ4n) is 2.50. The zero-order chi connectivity index (χ0) is 17.1. The number of aryl methyl sites for hydroxylation is 1. The third-order valence-corrected chi connectivity index (χ3v) is 3.89. The Morgan fingerprint density at radius 1 is 1.22 bits per heavy atom. The van der Waals surface area contributed by atoms with E-state index in [0.717, 1.165) is 36.3 Å². The third kappa shape index (κ3) is 6.91. The molecule has 3 N–H and O–H groups in total. The molecule has 0 atom stereocenters. The van der Waals surface area contributed by atoms with Crippen LogP contribution in [0.2, 0.25) is 0 Å². The number of aliphatic hydroxyl groups is 1. The molecule has 1 aromatic carbocycles. The van der Waals surface area contributed by atoms with Gasteiger partial charge in [-0.25, -0.2) is 4.79 Å². The van der Waals surface area contributed by atoms with Crippen LogP contribution in [0.4, 0.5) is 16.2 Å². The predicted molar refractivity (Wildman–Crippen MR) is 97.3 cm³/mol. The summed E-state index contributed by atoms with van der Waals surface area (Å²) in [6, 6.07) is 5.78. The second-order valence-corrected chi connectivity index (χ2v) is 5.74. The van der Waals surface area contributed by atoms with Crippen LogP contribution in [0.1, 0.15) is 45.1 Å². The number of aliphatic hydroxyl groups excluding tert-OH is 1. The molecule has 0 spiro atoms. The highest BCUT2D eigenvalue weighted by molar-refractivity contribution is 5.90. The Balaban J connectivity index is 2.52. The van der Waals surface area contributed by atoms with E-state index in [1.165, 1.54) is 12.8 Å². The number of carbonyl (C=O) groups excluding carboxylic acids is 1. The molecule has 23 heavy (non-hydrogen) atoms. The predicted octanol–water partition coefficient (Wildman–Crippen LogP) is 3.52. The van der Waals surface area contributed by atoms with Crippen LogP contribution in [0.3, 0.4) is 0 Å². The molecule has 1 aromatic rings. The number of rotatable bonds is 10. The van der Waals surface area contributed by atoms with Gasteiger partial charge in [-0.2, -0.15) is 0 Å². The van der Waals surface area contributed by atoms with Crippen LogP contribution in [-0.2, 0) is 0 Å². The number of anilines is 2. The van der Waals surface area contributed by atoms with Gasteiger partial charge in [0.15, 0.2) is 0 Å². The quantitative estimate of drug-likeness (QED) is 0.578. The third-order valence-electron chi connectivity index (χ3n) is 3.89. The lowest BCUT2D eigenvalue weighted by Crippen LogP contribution is -2.30. The summed E-state index contributed by atoms with van der Waals surface area (Å²) in [5.74, 6) is 0. The number of nitrogens with one attached hydrogen (secondary N) is 2. The Morgan fingerprint density at radius 3 is 2.61 bits per heavy atom. The summed E-state index contributed by atoms with van der Waals surface area (Å²) >= 11 is 0. The second-order valence-electron chi connectivity index (χ2n) is 5.74. The first-order chi connectivity index (χ1) is 11.1. The molecule has 2 amide bonds. The van der Waals surface area contributed by atoms with E-state index in [1.807, 2.05) is 25.1 Å². The van der Waals surface area contributed by atoms with Gasteiger partial charge in [-0.1, -0.05) is 26.2 Å². The molecule has 0 heterocycles. The summed E-state index contributed by atoms with van der Waals surface area (Å²) in [4.78, 5) is 14.0. The average molecular weight is 321 g/mol. The van der Waals surface area contributed by atoms with Crippen LogP contribution in [0, 0.1) is 6.92 Å². The Morgan fingerprint density at radius 2 is 2.00 bits per heavy atom. The van der Waals surface area contributed by atoms with Crippen LogP contribution in [0.5, 0.6) is 0 Å². The molecule has 5 heteroatoms. The topological polar surface area (TPSA) is 64.6 Å². The Kier molecular flexibility index (Phi) is 9.14. The molecule has 0 saturated heterocycles. The van der Waals surface area contributed by atoms with Gasteiger partial charge >= 0.3 is 6.03 Å². The van der Waals surface area contributed by atoms with Crippen molar-refractivity contribution in [3.8, 4) is 0 Å². The van der Waals surface area contributed by atoms with E-state index in [0.29, 0.717) is 13.1 Å². The van der Waals surface area contributed by atoms with Crippen LogP contribution < -0.4 is 15.5 Å². The molecule has 130 valence electrons. The first kappa shape index (κ1) is 19.3. The first-order valence-electron chi connectivity index (χ1n) is 8.63. The van der Waals surface area contributed by atoms with Crippen molar-refractivity contribution in [1.29, 1.82) is 0 Å². The Hall–Kier alpha value is -1.75. The zero-order valence-electron chi connectivity index (χ0n) is 14.7. The minimum atomic E-state index is -0.153. The zero-order valence-corrected chi connectivity index (χ0v) is 14.7. The van der Waals surface area contributed by atoms with Gasteiger partial charge in [0.25, 0.3) is 0 Å². The average Bonchev–Trinajstić information content (AvgIpc) is 2.54. The lowest BCUT2D eigenvalue weighted by molar-refractivity contribution is 0.252. The smallest absolute Gasteiger partial charge is 0.319 e. The highest BCUT2D eigenvalue weighted by atomic mass is 16.3. The van der Waals surface area contributed by atoms with Crippen molar-refractivity contribution in [2.45, 2.75) is 46.5 Å². The molecule has 5 nitrogen and oxygen atoms in total. The molecule has 0 unspecified atom stereocenters. The maximum atomic E-state index is 11.9. The molecule has 0 aliphatic carbocycles. The number of benzene rings is 1. The van der Waals surface area contributed by atoms with Gasteiger partial charge in [-0.15, -0.1) is 0 Å². The molecule has 0 saturated carbocycles. The number of amides is 2. The van der Waals surface area contributed by atoms with Crippen LogP contribution in [0.25, 0.3) is 0 Å². The standard InChI is InChI=1S/C18H31N3O2/c1-4-6-7-8-11-19-18(23)20-17-10-9-16(14-15(17)3)21(5-2)12-13-22/h9-10,14,22H,4-8,11-13H2,1-3H3,(H2,19,20,23). The van der Waals surface area contributed by atoms with Gasteiger partial charge in [-0.3, -0.25) is 0 Å². The molecule has 0 aliphatic heterocycles. The fourth-order valence-corrected chi connectivity index (χ4v) is 2.50. The van der Waals surface area contributed by atoms with Gasteiger partial charge in [-0.05, 0) is 44.0 Å². The summed E-state index contributed by atoms with van der Waals surface area (Å²) in [5, 5.41) is 14.9. The van der Waals surface area contributed by atoms with Crippen LogP contribution >= 0.6 is 0 Å². The van der Waals surface area contributed by atoms with Crippen molar-refractivity contribution < 1.29 is 9.90 Å². The van der Waals surface area contributed by atoms with E-state index in [1.54, 1.807) is 0 Å². The molecular weight excluding hydrogens is 290 g/mol. The summed E-state index contributed by atoms with van der Waals surface area (Å²) in [6.07, 6.45) is 4.59. The SMILES string of the molecule is CCCCCCNC(=O)Nc1ccc(N(CC)CCO)cc1C. The van der Waals surface area contributed by atoms with E-state index in [-0.39, 0.29) is 12.6 Å². The molecule has 0 bridgehead atoms. The minimum absolute atomic E-state index is 0.132. The van der Waals surface area contributed by atoms with E-state index in [9.17, 15) is 4.79 Å². The largest absolute Gasteiger partial charge is 0.395 e. The van der Waals surface area contributed by atoms with Gasteiger partial charge in [0.1, 0.15) is 0 Å². The first-order valence-corrected chi connectivity index (χ1v) is 8.63. The van der Waals surface area contributed by atoms with E-state index in [2.05, 4.69) is 29.4 Å². The number of urea groups is 1. The Labute approximate surface area is 140 Å². The molecule has 1 rings (SSSR count). The summed E-state index contributed by atoms with van der Waals surface area (Å²) in [6.45, 7) is 8.51. The maximum Gasteiger partial charge on any atom is 0.319 e. The van der Waals surface area contributed by atoms with Crippen LogP contribution in [0.15, 0.2) is 18.2 Å². The fraction of sp³-hybridized carbons (Fsp3) is 0.611. The second kappa shape index (κ2) is 10.9. The van der Waals surface area contributed by atoms with Crippen molar-refractivity contribution in [3.63, 3.8) is 0 Å². The monoisotopic (exact) mass is 321 g/mol. The van der Waals surface area contributed by atoms with Crippen LogP contribution in [-0.4, -0.2) is 37.4 Å². The number of hydrogen-bond donors (Lipinski definition) is 3. The van der Waals surface area contributed by atoms with Crippen molar-refractivity contribution in [2.24, 2.45) is 0 Å². The maximum absolute atomic E-state index is 11.9. The molecule has 0 radical (unpaired) electrons. The lowest BCUT2D eigenvalue weighted by Gasteiger charge is -2.23. The number of unbranched alkanes of at least 4 members (excludes halogenated alkanes) is 3. The normalized spacial score (nSPS) is 10.4. The molecule has 0 aromatic heterocycles. The van der Waals surface area contributed by atoms with Crippen molar-refractivity contribution >= 4 is 17.4 Å². The number of hydrogen-bond acceptors (Lipinski definition) is 3. The molecular formula is C18H31N3O2.